The van der Waals surface area contributed by atoms with E-state index in [1.54, 1.807) is 30.3 Å². The van der Waals surface area contributed by atoms with E-state index in [-0.39, 0.29) is 6.04 Å². The van der Waals surface area contributed by atoms with Crippen molar-refractivity contribution in [2.75, 3.05) is 6.54 Å². The van der Waals surface area contributed by atoms with Gasteiger partial charge in [0.15, 0.2) is 0 Å². The second kappa shape index (κ2) is 6.62. The predicted octanol–water partition coefficient (Wildman–Crippen LogP) is 4.69. The lowest BCUT2D eigenvalue weighted by atomic mass is 9.99. The third-order valence-corrected chi connectivity index (χ3v) is 3.35. The zero-order chi connectivity index (χ0) is 14.5. The summed E-state index contributed by atoms with van der Waals surface area (Å²) in [6, 6.07) is 11.2. The molecule has 0 aromatic heterocycles. The van der Waals surface area contributed by atoms with Crippen LogP contribution in [0, 0.1) is 11.6 Å². The molecule has 0 amide bonds. The van der Waals surface area contributed by atoms with Crippen molar-refractivity contribution in [3.8, 4) is 11.1 Å². The van der Waals surface area contributed by atoms with Crippen LogP contribution in [0.25, 0.3) is 11.1 Å². The predicted molar refractivity (Wildman–Crippen MR) is 78.5 cm³/mol. The highest BCUT2D eigenvalue weighted by molar-refractivity contribution is 5.65. The molecule has 0 aliphatic carbocycles. The highest BCUT2D eigenvalue weighted by Gasteiger charge is 2.12. The van der Waals surface area contributed by atoms with Crippen LogP contribution in [-0.2, 0) is 0 Å². The summed E-state index contributed by atoms with van der Waals surface area (Å²) >= 11 is 0. The van der Waals surface area contributed by atoms with E-state index in [4.69, 9.17) is 0 Å². The molecule has 1 nitrogen and oxygen atoms in total. The molecule has 0 aliphatic rings. The molecule has 1 atom stereocenters. The zero-order valence-electron chi connectivity index (χ0n) is 11.8. The molecule has 20 heavy (non-hydrogen) atoms. The Morgan fingerprint density at radius 1 is 1.00 bits per heavy atom. The van der Waals surface area contributed by atoms with Gasteiger partial charge in [0.1, 0.15) is 11.6 Å². The number of rotatable bonds is 5. The second-order valence-corrected chi connectivity index (χ2v) is 4.89. The molecule has 2 rings (SSSR count). The topological polar surface area (TPSA) is 12.0 Å². The summed E-state index contributed by atoms with van der Waals surface area (Å²) in [4.78, 5) is 0. The molecule has 0 bridgehead atoms. The Hall–Kier alpha value is -1.74. The van der Waals surface area contributed by atoms with Gasteiger partial charge in [-0.15, -0.1) is 0 Å². The van der Waals surface area contributed by atoms with E-state index in [2.05, 4.69) is 12.2 Å². The third-order valence-electron chi connectivity index (χ3n) is 3.35. The van der Waals surface area contributed by atoms with E-state index in [1.807, 2.05) is 6.92 Å². The van der Waals surface area contributed by atoms with Crippen LogP contribution in [0.15, 0.2) is 42.5 Å². The quantitative estimate of drug-likeness (QED) is 0.834. The van der Waals surface area contributed by atoms with Gasteiger partial charge in [0.25, 0.3) is 0 Å². The summed E-state index contributed by atoms with van der Waals surface area (Å²) in [6.45, 7) is 5.01. The first-order valence-electron chi connectivity index (χ1n) is 6.91. The Morgan fingerprint density at radius 2 is 1.70 bits per heavy atom. The summed E-state index contributed by atoms with van der Waals surface area (Å²) in [5.74, 6) is -0.806. The van der Waals surface area contributed by atoms with Crippen LogP contribution in [0.1, 0.15) is 31.9 Å². The van der Waals surface area contributed by atoms with E-state index in [1.165, 1.54) is 12.1 Å². The van der Waals surface area contributed by atoms with Crippen LogP contribution in [0.4, 0.5) is 8.78 Å². The lowest BCUT2D eigenvalue weighted by Gasteiger charge is -2.15. The van der Waals surface area contributed by atoms with Crippen LogP contribution in [-0.4, -0.2) is 6.54 Å². The van der Waals surface area contributed by atoms with Crippen LogP contribution in [0.3, 0.4) is 0 Å². The third kappa shape index (κ3) is 3.23. The lowest BCUT2D eigenvalue weighted by Crippen LogP contribution is -2.19. The highest BCUT2D eigenvalue weighted by atomic mass is 19.1. The number of benzene rings is 2. The van der Waals surface area contributed by atoms with Crippen molar-refractivity contribution in [1.82, 2.24) is 5.32 Å². The van der Waals surface area contributed by atoms with Gasteiger partial charge in [0, 0.05) is 17.2 Å². The maximum Gasteiger partial charge on any atom is 0.131 e. The van der Waals surface area contributed by atoms with Crippen molar-refractivity contribution in [2.24, 2.45) is 0 Å². The summed E-state index contributed by atoms with van der Waals surface area (Å²) in [5, 5.41) is 3.35. The van der Waals surface area contributed by atoms with Crippen LogP contribution >= 0.6 is 0 Å². The highest BCUT2D eigenvalue weighted by Crippen LogP contribution is 2.28. The van der Waals surface area contributed by atoms with Gasteiger partial charge in [0.05, 0.1) is 0 Å². The molecule has 1 unspecified atom stereocenters. The van der Waals surface area contributed by atoms with Gasteiger partial charge < -0.3 is 5.32 Å². The Balaban J connectivity index is 2.37. The molecule has 0 radical (unpaired) electrons. The number of nitrogens with one attached hydrogen (secondary N) is 1. The number of hydrogen-bond donors (Lipinski definition) is 1. The van der Waals surface area contributed by atoms with E-state index < -0.39 is 11.6 Å². The van der Waals surface area contributed by atoms with Crippen LogP contribution in [0.2, 0.25) is 0 Å². The fourth-order valence-corrected chi connectivity index (χ4v) is 2.18. The molecular formula is C17H19F2N. The fraction of sp³-hybridized carbons (Fsp3) is 0.294. The first-order chi connectivity index (χ1) is 9.63. The Bertz CT molecular complexity index is 581. The normalized spacial score (nSPS) is 12.4. The standard InChI is InChI=1S/C17H19F2N/c1-3-10-20-12(2)13-8-9-17(19)15(11-13)14-6-4-5-7-16(14)18/h4-9,11-12,20H,3,10H2,1-2H3. The molecule has 0 heterocycles. The maximum absolute atomic E-state index is 14.0. The van der Waals surface area contributed by atoms with Crippen LogP contribution in [0.5, 0.6) is 0 Å². The minimum absolute atomic E-state index is 0.112. The van der Waals surface area contributed by atoms with Gasteiger partial charge in [0.2, 0.25) is 0 Å². The van der Waals surface area contributed by atoms with Crippen LogP contribution < -0.4 is 5.32 Å². The summed E-state index contributed by atoms with van der Waals surface area (Å²) in [6.07, 6.45) is 1.03. The van der Waals surface area contributed by atoms with Crippen molar-refractivity contribution in [3.05, 3.63) is 59.7 Å². The molecule has 2 aromatic rings. The Kier molecular flexibility index (Phi) is 4.85. The van der Waals surface area contributed by atoms with Crippen molar-refractivity contribution < 1.29 is 8.78 Å². The molecule has 0 saturated heterocycles. The van der Waals surface area contributed by atoms with Gasteiger partial charge in [-0.1, -0.05) is 31.2 Å². The SMILES string of the molecule is CCCNC(C)c1ccc(F)c(-c2ccccc2F)c1. The molecule has 3 heteroatoms. The minimum Gasteiger partial charge on any atom is -0.310 e. The molecule has 0 aliphatic heterocycles. The molecule has 0 spiro atoms. The minimum atomic E-state index is -0.405. The largest absolute Gasteiger partial charge is 0.310 e. The molecular weight excluding hydrogens is 256 g/mol. The number of halogens is 2. The summed E-state index contributed by atoms with van der Waals surface area (Å²) < 4.78 is 27.8. The fourth-order valence-electron chi connectivity index (χ4n) is 2.18. The lowest BCUT2D eigenvalue weighted by molar-refractivity contribution is 0.567. The van der Waals surface area contributed by atoms with Crippen molar-refractivity contribution in [1.29, 1.82) is 0 Å². The monoisotopic (exact) mass is 275 g/mol. The molecule has 2 aromatic carbocycles. The number of hydrogen-bond acceptors (Lipinski definition) is 1. The summed E-state index contributed by atoms with van der Waals surface area (Å²) in [5.41, 5.74) is 1.57. The first kappa shape index (κ1) is 14.7. The smallest absolute Gasteiger partial charge is 0.131 e. The molecule has 0 fully saturated rings. The van der Waals surface area contributed by atoms with Gasteiger partial charge in [-0.3, -0.25) is 0 Å². The second-order valence-electron chi connectivity index (χ2n) is 4.89. The van der Waals surface area contributed by atoms with E-state index >= 15 is 0 Å². The van der Waals surface area contributed by atoms with Gasteiger partial charge >= 0.3 is 0 Å². The average molecular weight is 275 g/mol. The van der Waals surface area contributed by atoms with Crippen molar-refractivity contribution >= 4 is 0 Å². The van der Waals surface area contributed by atoms with E-state index in [0.29, 0.717) is 11.1 Å². The Labute approximate surface area is 118 Å². The van der Waals surface area contributed by atoms with E-state index in [0.717, 1.165) is 18.5 Å². The average Bonchev–Trinajstić information content (AvgIpc) is 2.46. The van der Waals surface area contributed by atoms with Crippen molar-refractivity contribution in [2.45, 2.75) is 26.3 Å². The van der Waals surface area contributed by atoms with E-state index in [9.17, 15) is 8.78 Å². The first-order valence-corrected chi connectivity index (χ1v) is 6.91. The summed E-state index contributed by atoms with van der Waals surface area (Å²) in [7, 11) is 0. The van der Waals surface area contributed by atoms with Gasteiger partial charge in [-0.2, -0.15) is 0 Å². The van der Waals surface area contributed by atoms with Gasteiger partial charge in [-0.25, -0.2) is 8.78 Å². The molecule has 1 N–H and O–H groups in total. The Morgan fingerprint density at radius 3 is 2.40 bits per heavy atom. The molecule has 106 valence electrons. The molecule has 0 saturated carbocycles. The zero-order valence-corrected chi connectivity index (χ0v) is 11.8. The van der Waals surface area contributed by atoms with Crippen molar-refractivity contribution in [3.63, 3.8) is 0 Å². The van der Waals surface area contributed by atoms with Gasteiger partial charge in [-0.05, 0) is 43.7 Å². The maximum atomic E-state index is 14.0.